The van der Waals surface area contributed by atoms with Crippen molar-refractivity contribution in [2.24, 2.45) is 0 Å². The summed E-state index contributed by atoms with van der Waals surface area (Å²) in [5.41, 5.74) is 5.03. The molecule has 0 atom stereocenters. The normalized spacial score (nSPS) is 11.0. The second-order valence-corrected chi connectivity index (χ2v) is 5.98. The van der Waals surface area contributed by atoms with Gasteiger partial charge in [-0.3, -0.25) is 0 Å². The molecule has 24 heavy (non-hydrogen) atoms. The summed E-state index contributed by atoms with van der Waals surface area (Å²) in [6.45, 7) is 9.35. The van der Waals surface area contributed by atoms with Gasteiger partial charge < -0.3 is 15.4 Å². The molecule has 0 aliphatic rings. The molecule has 0 aliphatic heterocycles. The van der Waals surface area contributed by atoms with Gasteiger partial charge >= 0.3 is 5.97 Å². The van der Waals surface area contributed by atoms with Crippen LogP contribution in [0.2, 0.25) is 0 Å². The largest absolute Gasteiger partial charge is 0.462 e. The highest BCUT2D eigenvalue weighted by Crippen LogP contribution is 2.21. The van der Waals surface area contributed by atoms with E-state index in [0.717, 1.165) is 30.8 Å². The van der Waals surface area contributed by atoms with Gasteiger partial charge in [0.25, 0.3) is 0 Å². The molecule has 0 spiro atoms. The van der Waals surface area contributed by atoms with E-state index in [9.17, 15) is 4.79 Å². The molecule has 0 heterocycles. The lowest BCUT2D eigenvalue weighted by Gasteiger charge is -2.11. The number of ether oxygens (including phenoxy) is 1. The van der Waals surface area contributed by atoms with E-state index in [0.29, 0.717) is 12.2 Å². The molecule has 1 aromatic rings. The van der Waals surface area contributed by atoms with Crippen LogP contribution in [0.5, 0.6) is 0 Å². The van der Waals surface area contributed by atoms with Crippen molar-refractivity contribution in [2.75, 3.05) is 30.8 Å². The van der Waals surface area contributed by atoms with Crippen molar-refractivity contribution in [3.05, 3.63) is 47.1 Å². The molecular weight excluding hydrogens is 300 g/mol. The summed E-state index contributed by atoms with van der Waals surface area (Å²) in [6.07, 6.45) is 6.63. The van der Waals surface area contributed by atoms with Crippen molar-refractivity contribution in [1.82, 2.24) is 0 Å². The van der Waals surface area contributed by atoms with Crippen LogP contribution >= 0.6 is 0 Å². The van der Waals surface area contributed by atoms with Gasteiger partial charge in [0, 0.05) is 19.3 Å². The van der Waals surface area contributed by atoms with Gasteiger partial charge in [-0.1, -0.05) is 23.3 Å². The smallest absolute Gasteiger partial charge is 0.340 e. The summed E-state index contributed by atoms with van der Waals surface area (Å²) >= 11 is 0. The Labute approximate surface area is 146 Å². The summed E-state index contributed by atoms with van der Waals surface area (Å²) in [5, 5.41) is 6.41. The Hall–Kier alpha value is -2.23. The lowest BCUT2D eigenvalue weighted by molar-refractivity contribution is 0.0527. The molecule has 0 saturated carbocycles. The Morgan fingerprint density at radius 3 is 2.58 bits per heavy atom. The van der Waals surface area contributed by atoms with Crippen molar-refractivity contribution in [2.45, 2.75) is 40.5 Å². The van der Waals surface area contributed by atoms with Crippen LogP contribution in [-0.4, -0.2) is 26.2 Å². The highest BCUT2D eigenvalue weighted by atomic mass is 16.5. The number of anilines is 2. The number of esters is 1. The summed E-state index contributed by atoms with van der Waals surface area (Å²) in [4.78, 5) is 11.9. The first-order valence-corrected chi connectivity index (χ1v) is 8.49. The van der Waals surface area contributed by atoms with Gasteiger partial charge in [0.05, 0.1) is 17.9 Å². The van der Waals surface area contributed by atoms with E-state index in [1.165, 1.54) is 11.1 Å². The van der Waals surface area contributed by atoms with E-state index in [1.807, 2.05) is 12.1 Å². The molecule has 132 valence electrons. The van der Waals surface area contributed by atoms with Crippen LogP contribution in [0.1, 0.15) is 50.9 Å². The SMILES string of the molecule is CCOC(=O)c1ccc(NC/C=C(\C)CCC=C(C)C)cc1NC. The van der Waals surface area contributed by atoms with E-state index < -0.39 is 0 Å². The van der Waals surface area contributed by atoms with Crippen LogP contribution < -0.4 is 10.6 Å². The number of hydrogen-bond donors (Lipinski definition) is 2. The number of hydrogen-bond acceptors (Lipinski definition) is 4. The molecule has 2 N–H and O–H groups in total. The average Bonchev–Trinajstić information content (AvgIpc) is 2.54. The molecular formula is C20H30N2O2. The lowest BCUT2D eigenvalue weighted by Crippen LogP contribution is -2.09. The van der Waals surface area contributed by atoms with Crippen LogP contribution in [0, 0.1) is 0 Å². The summed E-state index contributed by atoms with van der Waals surface area (Å²) in [7, 11) is 1.80. The minimum atomic E-state index is -0.302. The zero-order valence-electron chi connectivity index (χ0n) is 15.5. The molecule has 0 aliphatic carbocycles. The third-order valence-electron chi connectivity index (χ3n) is 3.63. The Kier molecular flexibility index (Phi) is 8.69. The van der Waals surface area contributed by atoms with Gasteiger partial charge in [0.1, 0.15) is 0 Å². The Bertz CT molecular complexity index is 600. The second kappa shape index (κ2) is 10.5. The molecule has 4 nitrogen and oxygen atoms in total. The Balaban J connectivity index is 2.62. The van der Waals surface area contributed by atoms with Crippen molar-refractivity contribution in [3.63, 3.8) is 0 Å². The maximum Gasteiger partial charge on any atom is 0.340 e. The van der Waals surface area contributed by atoms with Crippen LogP contribution in [0.15, 0.2) is 41.5 Å². The number of nitrogens with one attached hydrogen (secondary N) is 2. The molecule has 4 heteroatoms. The molecule has 0 aromatic heterocycles. The summed E-state index contributed by atoms with van der Waals surface area (Å²) in [6, 6.07) is 5.62. The van der Waals surface area contributed by atoms with E-state index in [-0.39, 0.29) is 5.97 Å². The maximum absolute atomic E-state index is 11.9. The molecule has 0 fully saturated rings. The van der Waals surface area contributed by atoms with Crippen molar-refractivity contribution in [1.29, 1.82) is 0 Å². The molecule has 0 amide bonds. The average molecular weight is 330 g/mol. The molecule has 1 rings (SSSR count). The third-order valence-corrected chi connectivity index (χ3v) is 3.63. The van der Waals surface area contributed by atoms with E-state index in [4.69, 9.17) is 4.74 Å². The molecule has 0 bridgehead atoms. The van der Waals surface area contributed by atoms with Gasteiger partial charge in [0.2, 0.25) is 0 Å². The zero-order valence-corrected chi connectivity index (χ0v) is 15.5. The first kappa shape index (κ1) is 19.8. The lowest BCUT2D eigenvalue weighted by atomic mass is 10.1. The number of benzene rings is 1. The number of rotatable bonds is 9. The van der Waals surface area contributed by atoms with E-state index in [1.54, 1.807) is 20.0 Å². The van der Waals surface area contributed by atoms with Crippen LogP contribution in [0.25, 0.3) is 0 Å². The highest BCUT2D eigenvalue weighted by molar-refractivity contribution is 5.96. The standard InChI is InChI=1S/C20H30N2O2/c1-6-24-20(23)18-11-10-17(14-19(18)21-5)22-13-12-16(4)9-7-8-15(2)3/h8,10-12,14,21-22H,6-7,9,13H2,1-5H3/b16-12+. The van der Waals surface area contributed by atoms with Crippen LogP contribution in [-0.2, 0) is 4.74 Å². The maximum atomic E-state index is 11.9. The Morgan fingerprint density at radius 2 is 1.96 bits per heavy atom. The minimum Gasteiger partial charge on any atom is -0.462 e. The number of allylic oxidation sites excluding steroid dienone is 3. The summed E-state index contributed by atoms with van der Waals surface area (Å²) < 4.78 is 5.06. The monoisotopic (exact) mass is 330 g/mol. The van der Waals surface area contributed by atoms with Gasteiger partial charge in [-0.2, -0.15) is 0 Å². The molecule has 0 saturated heterocycles. The fourth-order valence-corrected chi connectivity index (χ4v) is 2.28. The third kappa shape index (κ3) is 6.90. The first-order valence-electron chi connectivity index (χ1n) is 8.49. The fraction of sp³-hybridized carbons (Fsp3) is 0.450. The van der Waals surface area contributed by atoms with Crippen molar-refractivity contribution < 1.29 is 9.53 Å². The predicted octanol–water partition coefficient (Wildman–Crippen LogP) is 5.01. The quantitative estimate of drug-likeness (QED) is 0.493. The van der Waals surface area contributed by atoms with Gasteiger partial charge in [-0.15, -0.1) is 0 Å². The fourth-order valence-electron chi connectivity index (χ4n) is 2.28. The summed E-state index contributed by atoms with van der Waals surface area (Å²) in [5.74, 6) is -0.302. The minimum absolute atomic E-state index is 0.302. The van der Waals surface area contributed by atoms with E-state index >= 15 is 0 Å². The molecule has 0 unspecified atom stereocenters. The Morgan fingerprint density at radius 1 is 1.21 bits per heavy atom. The number of carbonyl (C=O) groups excluding carboxylic acids is 1. The van der Waals surface area contributed by atoms with Crippen LogP contribution in [0.3, 0.4) is 0 Å². The zero-order chi connectivity index (χ0) is 17.9. The predicted molar refractivity (Wildman–Crippen MR) is 103 cm³/mol. The van der Waals surface area contributed by atoms with Crippen LogP contribution in [0.4, 0.5) is 11.4 Å². The topological polar surface area (TPSA) is 50.4 Å². The van der Waals surface area contributed by atoms with E-state index in [2.05, 4.69) is 43.6 Å². The highest BCUT2D eigenvalue weighted by Gasteiger charge is 2.11. The number of carbonyl (C=O) groups is 1. The van der Waals surface area contributed by atoms with Gasteiger partial charge in [-0.05, 0) is 58.7 Å². The second-order valence-electron chi connectivity index (χ2n) is 5.98. The van der Waals surface area contributed by atoms with Crippen molar-refractivity contribution >= 4 is 17.3 Å². The van der Waals surface area contributed by atoms with Gasteiger partial charge in [0.15, 0.2) is 0 Å². The van der Waals surface area contributed by atoms with Gasteiger partial charge in [-0.25, -0.2) is 4.79 Å². The van der Waals surface area contributed by atoms with Crippen molar-refractivity contribution in [3.8, 4) is 0 Å². The molecule has 1 aromatic carbocycles. The first-order chi connectivity index (χ1) is 11.5. The molecule has 0 radical (unpaired) electrons.